The largest absolute Gasteiger partial charge is 0.447 e. The van der Waals surface area contributed by atoms with Crippen LogP contribution in [0.1, 0.15) is 44.6 Å². The van der Waals surface area contributed by atoms with Crippen molar-refractivity contribution in [3.05, 3.63) is 29.6 Å². The average molecular weight is 334 g/mol. The molecule has 1 saturated heterocycles. The van der Waals surface area contributed by atoms with Gasteiger partial charge in [0.05, 0.1) is 11.7 Å². The molecule has 2 amide bonds. The summed E-state index contributed by atoms with van der Waals surface area (Å²) < 4.78 is 18.9. The van der Waals surface area contributed by atoms with Crippen LogP contribution in [0.5, 0.6) is 0 Å². The molecule has 2 aliphatic rings. The van der Waals surface area contributed by atoms with E-state index < -0.39 is 11.9 Å². The maximum Gasteiger partial charge on any atom is 0.414 e. The minimum absolute atomic E-state index is 0.123. The maximum atomic E-state index is 13.7. The number of cyclic esters (lactones) is 1. The Morgan fingerprint density at radius 1 is 1.38 bits per heavy atom. The third-order valence-electron chi connectivity index (χ3n) is 4.71. The number of rotatable bonds is 4. The molecule has 2 aliphatic heterocycles. The van der Waals surface area contributed by atoms with Crippen LogP contribution in [0, 0.1) is 5.82 Å². The first-order valence-electron chi connectivity index (χ1n) is 8.62. The Morgan fingerprint density at radius 2 is 2.21 bits per heavy atom. The zero-order chi connectivity index (χ0) is 17.1. The summed E-state index contributed by atoms with van der Waals surface area (Å²) in [7, 11) is 0. The van der Waals surface area contributed by atoms with Gasteiger partial charge in [0, 0.05) is 19.5 Å². The summed E-state index contributed by atoms with van der Waals surface area (Å²) in [6, 6.07) is 4.24. The van der Waals surface area contributed by atoms with E-state index in [1.54, 1.807) is 6.07 Å². The lowest BCUT2D eigenvalue weighted by atomic mass is 10.0. The van der Waals surface area contributed by atoms with Crippen molar-refractivity contribution >= 4 is 17.7 Å². The van der Waals surface area contributed by atoms with E-state index in [1.807, 2.05) is 4.90 Å². The van der Waals surface area contributed by atoms with Gasteiger partial charge < -0.3 is 9.64 Å². The minimum atomic E-state index is -0.436. The lowest BCUT2D eigenvalue weighted by Crippen LogP contribution is -2.42. The van der Waals surface area contributed by atoms with Crippen LogP contribution in [0.2, 0.25) is 0 Å². The van der Waals surface area contributed by atoms with E-state index in [9.17, 15) is 14.0 Å². The molecule has 1 atom stereocenters. The van der Waals surface area contributed by atoms with Crippen LogP contribution in [0.15, 0.2) is 18.2 Å². The monoisotopic (exact) mass is 334 g/mol. The third-order valence-corrected chi connectivity index (χ3v) is 4.71. The van der Waals surface area contributed by atoms with E-state index in [1.165, 1.54) is 17.0 Å². The molecule has 6 heteroatoms. The average Bonchev–Trinajstić information content (AvgIpc) is 2.90. The summed E-state index contributed by atoms with van der Waals surface area (Å²) >= 11 is 0. The first-order chi connectivity index (χ1) is 11.6. The fourth-order valence-corrected chi connectivity index (χ4v) is 3.35. The van der Waals surface area contributed by atoms with E-state index >= 15 is 0 Å². The second-order valence-corrected chi connectivity index (χ2v) is 6.43. The molecule has 2 heterocycles. The molecule has 1 unspecified atom stereocenters. The van der Waals surface area contributed by atoms with Gasteiger partial charge in [-0.2, -0.15) is 0 Å². The predicted molar refractivity (Wildman–Crippen MR) is 88.2 cm³/mol. The van der Waals surface area contributed by atoms with Gasteiger partial charge in [0.1, 0.15) is 12.4 Å². The number of benzene rings is 1. The molecule has 1 aromatic rings. The molecule has 0 N–H and O–H groups in total. The van der Waals surface area contributed by atoms with Gasteiger partial charge in [0.15, 0.2) is 0 Å². The zero-order valence-electron chi connectivity index (χ0n) is 14.0. The number of carbonyl (C=O) groups is 2. The van der Waals surface area contributed by atoms with Crippen molar-refractivity contribution in [3.8, 4) is 0 Å². The highest BCUT2D eigenvalue weighted by Gasteiger charge is 2.37. The first kappa shape index (κ1) is 16.7. The summed E-state index contributed by atoms with van der Waals surface area (Å²) in [6.45, 7) is 3.38. The normalized spacial score (nSPS) is 20.1. The van der Waals surface area contributed by atoms with E-state index in [2.05, 4.69) is 6.92 Å². The van der Waals surface area contributed by atoms with Gasteiger partial charge in [-0.3, -0.25) is 9.69 Å². The van der Waals surface area contributed by atoms with E-state index in [0.29, 0.717) is 31.6 Å². The van der Waals surface area contributed by atoms with Crippen molar-refractivity contribution < 1.29 is 18.7 Å². The number of hydrogen-bond donors (Lipinski definition) is 0. The molecule has 3 rings (SSSR count). The smallest absolute Gasteiger partial charge is 0.414 e. The first-order valence-corrected chi connectivity index (χ1v) is 8.62. The van der Waals surface area contributed by atoms with Crippen molar-refractivity contribution in [2.75, 3.05) is 18.1 Å². The minimum Gasteiger partial charge on any atom is -0.447 e. The van der Waals surface area contributed by atoms with Crippen molar-refractivity contribution in [1.82, 2.24) is 4.90 Å². The number of halogens is 1. The molecule has 0 spiro atoms. The van der Waals surface area contributed by atoms with Crippen molar-refractivity contribution in [1.29, 1.82) is 0 Å². The molecule has 1 aromatic carbocycles. The Hall–Kier alpha value is -2.11. The van der Waals surface area contributed by atoms with Gasteiger partial charge in [-0.25, -0.2) is 9.18 Å². The predicted octanol–water partition coefficient (Wildman–Crippen LogP) is 3.46. The lowest BCUT2D eigenvalue weighted by molar-refractivity contribution is -0.132. The highest BCUT2D eigenvalue weighted by atomic mass is 19.1. The molecule has 130 valence electrons. The quantitative estimate of drug-likeness (QED) is 0.792. The number of nitrogens with zero attached hydrogens (tertiary/aromatic N) is 2. The summed E-state index contributed by atoms with van der Waals surface area (Å²) in [5.41, 5.74) is 1.30. The van der Waals surface area contributed by atoms with Gasteiger partial charge in [-0.15, -0.1) is 0 Å². The second kappa shape index (κ2) is 7.20. The van der Waals surface area contributed by atoms with E-state index in [4.69, 9.17) is 4.74 Å². The van der Waals surface area contributed by atoms with Crippen molar-refractivity contribution in [2.24, 2.45) is 0 Å². The number of hydrogen-bond acceptors (Lipinski definition) is 3. The number of anilines is 1. The van der Waals surface area contributed by atoms with Gasteiger partial charge in [0.2, 0.25) is 5.91 Å². The SMILES string of the molecule is CCCCCC(=O)N1CCC2COC(=O)N2c2cc(F)ccc2C1. The highest BCUT2D eigenvalue weighted by Crippen LogP contribution is 2.32. The van der Waals surface area contributed by atoms with Crippen molar-refractivity contribution in [2.45, 2.75) is 51.6 Å². The zero-order valence-corrected chi connectivity index (χ0v) is 14.0. The molecular formula is C18H23FN2O3. The Bertz CT molecular complexity index is 635. The van der Waals surface area contributed by atoms with Gasteiger partial charge in [-0.05, 0) is 30.5 Å². The number of amides is 2. The van der Waals surface area contributed by atoms with E-state index in [-0.39, 0.29) is 18.6 Å². The number of fused-ring (bicyclic) bond motifs is 3. The van der Waals surface area contributed by atoms with E-state index in [0.717, 1.165) is 24.8 Å². The maximum absolute atomic E-state index is 13.7. The van der Waals surface area contributed by atoms with Crippen LogP contribution in [-0.4, -0.2) is 36.1 Å². The van der Waals surface area contributed by atoms with Gasteiger partial charge in [-0.1, -0.05) is 25.8 Å². The van der Waals surface area contributed by atoms with Crippen LogP contribution < -0.4 is 4.90 Å². The third kappa shape index (κ3) is 3.37. The Balaban J connectivity index is 1.85. The summed E-state index contributed by atoms with van der Waals surface area (Å²) in [5, 5.41) is 0. The summed E-state index contributed by atoms with van der Waals surface area (Å²) in [4.78, 5) is 27.9. The van der Waals surface area contributed by atoms with Crippen LogP contribution in [0.25, 0.3) is 0 Å². The molecule has 24 heavy (non-hydrogen) atoms. The molecular weight excluding hydrogens is 311 g/mol. The summed E-state index contributed by atoms with van der Waals surface area (Å²) in [5.74, 6) is -0.272. The Labute approximate surface area is 141 Å². The van der Waals surface area contributed by atoms with Crippen LogP contribution in [0.4, 0.5) is 14.9 Å². The van der Waals surface area contributed by atoms with Crippen LogP contribution >= 0.6 is 0 Å². The molecule has 0 saturated carbocycles. The fraction of sp³-hybridized carbons (Fsp3) is 0.556. The van der Waals surface area contributed by atoms with Crippen LogP contribution in [0.3, 0.4) is 0 Å². The summed E-state index contributed by atoms with van der Waals surface area (Å²) in [6.07, 6.45) is 3.75. The second-order valence-electron chi connectivity index (χ2n) is 6.43. The molecule has 5 nitrogen and oxygen atoms in total. The lowest BCUT2D eigenvalue weighted by Gasteiger charge is -2.32. The molecule has 0 aromatic heterocycles. The molecule has 0 bridgehead atoms. The standard InChI is InChI=1S/C18H23FN2O3/c1-2-3-4-5-17(22)20-9-8-15-12-24-18(23)21(15)16-10-14(19)7-6-13(16)11-20/h6-7,10,15H,2-5,8-9,11-12H2,1H3. The number of carbonyl (C=O) groups excluding carboxylic acids is 2. The molecule has 1 fully saturated rings. The molecule has 0 radical (unpaired) electrons. The molecule has 0 aliphatic carbocycles. The Morgan fingerprint density at radius 3 is 3.00 bits per heavy atom. The highest BCUT2D eigenvalue weighted by molar-refractivity contribution is 5.91. The van der Waals surface area contributed by atoms with Gasteiger partial charge >= 0.3 is 6.09 Å². The Kier molecular flexibility index (Phi) is 5.02. The number of ether oxygens (including phenoxy) is 1. The van der Waals surface area contributed by atoms with Crippen molar-refractivity contribution in [3.63, 3.8) is 0 Å². The topological polar surface area (TPSA) is 49.9 Å². The fourth-order valence-electron chi connectivity index (χ4n) is 3.35. The van der Waals surface area contributed by atoms with Gasteiger partial charge in [0.25, 0.3) is 0 Å². The number of unbranched alkanes of at least 4 members (excludes halogenated alkanes) is 2. The van der Waals surface area contributed by atoms with Crippen LogP contribution in [-0.2, 0) is 16.1 Å².